The van der Waals surface area contributed by atoms with Crippen molar-refractivity contribution in [1.82, 2.24) is 0 Å². The van der Waals surface area contributed by atoms with Gasteiger partial charge in [-0.1, -0.05) is 39.5 Å². The van der Waals surface area contributed by atoms with Crippen LogP contribution in [0, 0.1) is 5.41 Å². The molecule has 11 heavy (non-hydrogen) atoms. The second kappa shape index (κ2) is 3.22. The molecule has 0 fully saturated rings. The van der Waals surface area contributed by atoms with Gasteiger partial charge in [-0.05, 0) is 17.9 Å². The third-order valence-corrected chi connectivity index (χ3v) is 1.86. The number of rotatable bonds is 2. The van der Waals surface area contributed by atoms with E-state index < -0.39 is 0 Å². The molecule has 0 spiro atoms. The summed E-state index contributed by atoms with van der Waals surface area (Å²) < 4.78 is 0. The predicted octanol–water partition coefficient (Wildman–Crippen LogP) is 2.49. The van der Waals surface area contributed by atoms with Gasteiger partial charge in [0.2, 0.25) is 0 Å². The average molecular weight is 153 g/mol. The summed E-state index contributed by atoms with van der Waals surface area (Å²) in [7, 11) is 0. The van der Waals surface area contributed by atoms with E-state index in [9.17, 15) is 0 Å². The lowest BCUT2D eigenvalue weighted by molar-refractivity contribution is 0.356. The Morgan fingerprint density at radius 1 is 1.27 bits per heavy atom. The molecule has 1 unspecified atom stereocenters. The quantitative estimate of drug-likeness (QED) is 0.606. The zero-order chi connectivity index (χ0) is 9.23. The minimum absolute atomic E-state index is 0.0139. The van der Waals surface area contributed by atoms with Gasteiger partial charge in [-0.25, -0.2) is 0 Å². The Labute approximate surface area is 70.0 Å². The molecule has 1 heteroatoms. The molecule has 0 aliphatic rings. The lowest BCUT2D eigenvalue weighted by Crippen LogP contribution is -2.36. The van der Waals surface area contributed by atoms with Crippen molar-refractivity contribution >= 4 is 0 Å². The molecule has 1 nitrogen and oxygen atoms in total. The summed E-state index contributed by atoms with van der Waals surface area (Å²) in [6.07, 6.45) is 0. The van der Waals surface area contributed by atoms with E-state index in [1.54, 1.807) is 0 Å². The minimum Gasteiger partial charge on any atom is -0.324 e. The Morgan fingerprint density at radius 2 is 1.64 bits per heavy atom. The van der Waals surface area contributed by atoms with Crippen LogP contribution in [0.4, 0.5) is 0 Å². The largest absolute Gasteiger partial charge is 0.324 e. The summed E-state index contributed by atoms with van der Waals surface area (Å²) >= 11 is 0. The van der Waals surface area contributed by atoms with Gasteiger partial charge in [0.05, 0.1) is 0 Å². The van der Waals surface area contributed by atoms with Crippen molar-refractivity contribution in [3.8, 4) is 0 Å². The van der Waals surface area contributed by atoms with Crippen molar-refractivity contribution in [2.45, 2.75) is 33.7 Å². The number of hydrogen-bond donors (Lipinski definition) is 1. The van der Waals surface area contributed by atoms with Gasteiger partial charge in [-0.15, -0.1) is 0 Å². The van der Waals surface area contributed by atoms with Crippen molar-refractivity contribution in [1.29, 1.82) is 0 Å². The van der Waals surface area contributed by atoms with Crippen LogP contribution in [0.3, 0.4) is 0 Å². The molecule has 0 bridgehead atoms. The van der Waals surface area contributed by atoms with Gasteiger partial charge in [0.15, 0.2) is 0 Å². The maximum atomic E-state index is 5.93. The summed E-state index contributed by atoms with van der Waals surface area (Å²) in [6.45, 7) is 16.0. The van der Waals surface area contributed by atoms with Crippen LogP contribution in [0.15, 0.2) is 24.3 Å². The molecular formula is C10H19N. The van der Waals surface area contributed by atoms with Crippen LogP contribution in [0.1, 0.15) is 27.7 Å². The average Bonchev–Trinajstić information content (AvgIpc) is 1.82. The summed E-state index contributed by atoms with van der Waals surface area (Å²) in [5.74, 6) is 0. The molecule has 0 rings (SSSR count). The van der Waals surface area contributed by atoms with Crippen molar-refractivity contribution in [3.05, 3.63) is 24.3 Å². The Morgan fingerprint density at radius 3 is 1.73 bits per heavy atom. The van der Waals surface area contributed by atoms with E-state index in [4.69, 9.17) is 5.73 Å². The first kappa shape index (κ1) is 10.4. The summed E-state index contributed by atoms with van der Waals surface area (Å²) in [5, 5.41) is 0. The van der Waals surface area contributed by atoms with E-state index in [0.717, 1.165) is 11.1 Å². The highest BCUT2D eigenvalue weighted by Crippen LogP contribution is 2.24. The molecular weight excluding hydrogens is 134 g/mol. The molecule has 0 aliphatic heterocycles. The summed E-state index contributed by atoms with van der Waals surface area (Å²) in [5.41, 5.74) is 7.95. The molecule has 0 amide bonds. The standard InChI is InChI=1S/C10H19N/c1-7(2)8(3)9(11)10(4,5)6/h9H,1,3,11H2,2,4-6H3. The van der Waals surface area contributed by atoms with E-state index in [1.165, 1.54) is 0 Å². The van der Waals surface area contributed by atoms with Gasteiger partial charge in [0.25, 0.3) is 0 Å². The molecule has 0 heterocycles. The molecule has 64 valence electrons. The Hall–Kier alpha value is -0.560. The molecule has 0 radical (unpaired) electrons. The molecule has 0 saturated carbocycles. The van der Waals surface area contributed by atoms with Gasteiger partial charge in [-0.3, -0.25) is 0 Å². The highest BCUT2D eigenvalue weighted by atomic mass is 14.7. The highest BCUT2D eigenvalue weighted by molar-refractivity contribution is 5.29. The first-order valence-corrected chi connectivity index (χ1v) is 3.87. The normalized spacial score (nSPS) is 14.3. The maximum Gasteiger partial charge on any atom is 0.0340 e. The van der Waals surface area contributed by atoms with Crippen molar-refractivity contribution in [3.63, 3.8) is 0 Å². The molecule has 2 N–H and O–H groups in total. The second-order valence-electron chi connectivity index (χ2n) is 4.15. The zero-order valence-electron chi connectivity index (χ0n) is 8.07. The van der Waals surface area contributed by atoms with Crippen LogP contribution in [-0.4, -0.2) is 6.04 Å². The van der Waals surface area contributed by atoms with Crippen LogP contribution < -0.4 is 5.73 Å². The van der Waals surface area contributed by atoms with E-state index in [0.29, 0.717) is 0 Å². The van der Waals surface area contributed by atoms with E-state index in [2.05, 4.69) is 33.9 Å². The van der Waals surface area contributed by atoms with Gasteiger partial charge < -0.3 is 5.73 Å². The predicted molar refractivity (Wildman–Crippen MR) is 51.4 cm³/mol. The van der Waals surface area contributed by atoms with Crippen LogP contribution in [-0.2, 0) is 0 Å². The second-order valence-corrected chi connectivity index (χ2v) is 4.15. The van der Waals surface area contributed by atoms with Crippen LogP contribution in [0.2, 0.25) is 0 Å². The first-order valence-electron chi connectivity index (χ1n) is 3.87. The van der Waals surface area contributed by atoms with Crippen molar-refractivity contribution < 1.29 is 0 Å². The molecule has 0 aromatic rings. The fraction of sp³-hybridized carbons (Fsp3) is 0.600. The van der Waals surface area contributed by atoms with E-state index in [-0.39, 0.29) is 11.5 Å². The molecule has 0 aromatic carbocycles. The Balaban J connectivity index is 4.38. The zero-order valence-corrected chi connectivity index (χ0v) is 8.07. The Bertz CT molecular complexity index is 172. The monoisotopic (exact) mass is 153 g/mol. The summed E-state index contributed by atoms with van der Waals surface area (Å²) in [6, 6.07) is 0.0139. The molecule has 1 atom stereocenters. The highest BCUT2D eigenvalue weighted by Gasteiger charge is 2.22. The van der Waals surface area contributed by atoms with Gasteiger partial charge in [0, 0.05) is 6.04 Å². The number of nitrogens with two attached hydrogens (primary N) is 1. The summed E-state index contributed by atoms with van der Waals surface area (Å²) in [4.78, 5) is 0. The van der Waals surface area contributed by atoms with E-state index >= 15 is 0 Å². The van der Waals surface area contributed by atoms with Gasteiger partial charge in [-0.2, -0.15) is 0 Å². The third-order valence-electron chi connectivity index (χ3n) is 1.86. The fourth-order valence-corrected chi connectivity index (χ4v) is 0.788. The van der Waals surface area contributed by atoms with Crippen molar-refractivity contribution in [2.75, 3.05) is 0 Å². The van der Waals surface area contributed by atoms with Gasteiger partial charge in [0.1, 0.15) is 0 Å². The Kier molecular flexibility index (Phi) is 3.06. The SMILES string of the molecule is C=C(C)C(=C)C(N)C(C)(C)C. The van der Waals surface area contributed by atoms with Gasteiger partial charge >= 0.3 is 0 Å². The topological polar surface area (TPSA) is 26.0 Å². The lowest BCUT2D eigenvalue weighted by Gasteiger charge is -2.28. The first-order chi connectivity index (χ1) is 4.76. The smallest absolute Gasteiger partial charge is 0.0340 e. The minimum atomic E-state index is 0.0139. The molecule has 0 aliphatic carbocycles. The van der Waals surface area contributed by atoms with E-state index in [1.807, 2.05) is 6.92 Å². The third kappa shape index (κ3) is 2.89. The van der Waals surface area contributed by atoms with Crippen LogP contribution in [0.25, 0.3) is 0 Å². The van der Waals surface area contributed by atoms with Crippen LogP contribution in [0.5, 0.6) is 0 Å². The van der Waals surface area contributed by atoms with Crippen molar-refractivity contribution in [2.24, 2.45) is 11.1 Å². The maximum absolute atomic E-state index is 5.93. The lowest BCUT2D eigenvalue weighted by atomic mass is 9.81. The number of hydrogen-bond acceptors (Lipinski definition) is 1. The molecule has 0 aromatic heterocycles. The van der Waals surface area contributed by atoms with Crippen LogP contribution >= 0.6 is 0 Å². The molecule has 0 saturated heterocycles. The fourth-order valence-electron chi connectivity index (χ4n) is 0.788.